The van der Waals surface area contributed by atoms with Crippen molar-refractivity contribution >= 4 is 57.7 Å². The number of aromatic nitrogens is 1. The molecular weight excluding hydrogens is 503 g/mol. The lowest BCUT2D eigenvalue weighted by molar-refractivity contribution is 0.0952. The Balaban J connectivity index is 0.00000300. The van der Waals surface area contributed by atoms with Gasteiger partial charge in [-0.25, -0.2) is 0 Å². The second-order valence-corrected chi connectivity index (χ2v) is 7.08. The van der Waals surface area contributed by atoms with Crippen molar-refractivity contribution in [3.05, 3.63) is 54.2 Å². The molecule has 0 bridgehead atoms. The van der Waals surface area contributed by atoms with Gasteiger partial charge >= 0.3 is 0 Å². The molecular formula is C20H23IN4O3S. The molecule has 4 N–H and O–H groups in total. The number of hydrogen-bond donors (Lipinski definition) is 3. The Kier molecular flexibility index (Phi) is 8.21. The van der Waals surface area contributed by atoms with Crippen LogP contribution in [0.3, 0.4) is 0 Å². The molecule has 0 unspecified atom stereocenters. The second-order valence-electron chi connectivity index (χ2n) is 6.00. The van der Waals surface area contributed by atoms with Gasteiger partial charge in [0.2, 0.25) is 0 Å². The monoisotopic (exact) mass is 526 g/mol. The fourth-order valence-electron chi connectivity index (χ4n) is 2.97. The molecule has 1 aromatic heterocycles. The van der Waals surface area contributed by atoms with Crippen molar-refractivity contribution in [2.45, 2.75) is 11.4 Å². The lowest BCUT2D eigenvalue weighted by Gasteiger charge is -2.10. The Hall–Kier alpha value is -2.40. The number of carbonyl (C=O) groups excluding carboxylic acids is 1. The van der Waals surface area contributed by atoms with E-state index in [1.54, 1.807) is 25.3 Å². The highest BCUT2D eigenvalue weighted by Gasteiger charge is 2.12. The Bertz CT molecular complexity index is 1020. The number of amides is 1. The SMILES string of the molecule is COc1ccc(C(=O)NCCn2cc(SC(=N)N)c3ccccc32)cc1OC.I. The summed E-state index contributed by atoms with van der Waals surface area (Å²) < 4.78 is 12.5. The van der Waals surface area contributed by atoms with E-state index < -0.39 is 0 Å². The third-order valence-electron chi connectivity index (χ3n) is 4.26. The highest BCUT2D eigenvalue weighted by atomic mass is 127. The molecule has 3 aromatic rings. The summed E-state index contributed by atoms with van der Waals surface area (Å²) >= 11 is 1.22. The van der Waals surface area contributed by atoms with Crippen molar-refractivity contribution < 1.29 is 14.3 Å². The van der Waals surface area contributed by atoms with Crippen LogP contribution in [0.15, 0.2) is 53.6 Å². The number of carbonyl (C=O) groups is 1. The molecule has 0 aliphatic heterocycles. The summed E-state index contributed by atoms with van der Waals surface area (Å²) in [4.78, 5) is 13.4. The first kappa shape index (κ1) is 22.9. The number of hydrogen-bond acceptors (Lipinski definition) is 5. The number of para-hydroxylation sites is 1. The van der Waals surface area contributed by atoms with Crippen molar-refractivity contribution in [1.82, 2.24) is 9.88 Å². The summed E-state index contributed by atoms with van der Waals surface area (Å²) in [7, 11) is 3.09. The second kappa shape index (κ2) is 10.4. The molecule has 0 atom stereocenters. The molecule has 0 fully saturated rings. The molecule has 0 aliphatic carbocycles. The number of ether oxygens (including phenoxy) is 2. The molecule has 9 heteroatoms. The van der Waals surface area contributed by atoms with E-state index in [1.165, 1.54) is 18.9 Å². The minimum absolute atomic E-state index is 0. The van der Waals surface area contributed by atoms with E-state index in [2.05, 4.69) is 9.88 Å². The summed E-state index contributed by atoms with van der Waals surface area (Å²) in [6.07, 6.45) is 1.96. The van der Waals surface area contributed by atoms with Crippen molar-refractivity contribution in [3.63, 3.8) is 0 Å². The maximum absolute atomic E-state index is 12.5. The van der Waals surface area contributed by atoms with Gasteiger partial charge in [-0.2, -0.15) is 0 Å². The van der Waals surface area contributed by atoms with Gasteiger partial charge < -0.3 is 25.1 Å². The highest BCUT2D eigenvalue weighted by molar-refractivity contribution is 14.0. The van der Waals surface area contributed by atoms with Crippen LogP contribution in [0.25, 0.3) is 10.9 Å². The first-order valence-corrected chi connectivity index (χ1v) is 9.45. The highest BCUT2D eigenvalue weighted by Crippen LogP contribution is 2.30. The number of nitrogens with two attached hydrogens (primary N) is 1. The van der Waals surface area contributed by atoms with Gasteiger partial charge in [-0.3, -0.25) is 10.2 Å². The first-order valence-electron chi connectivity index (χ1n) is 8.63. The maximum atomic E-state index is 12.5. The Labute approximate surface area is 190 Å². The van der Waals surface area contributed by atoms with E-state index >= 15 is 0 Å². The van der Waals surface area contributed by atoms with Gasteiger partial charge in [0.1, 0.15) is 0 Å². The fraction of sp³-hybridized carbons (Fsp3) is 0.200. The van der Waals surface area contributed by atoms with Crippen LogP contribution in [0.5, 0.6) is 11.5 Å². The Morgan fingerprint density at radius 3 is 2.59 bits per heavy atom. The predicted octanol–water partition coefficient (Wildman–Crippen LogP) is 3.69. The summed E-state index contributed by atoms with van der Waals surface area (Å²) in [6, 6.07) is 13.0. The largest absolute Gasteiger partial charge is 0.493 e. The third kappa shape index (κ3) is 5.36. The van der Waals surface area contributed by atoms with Crippen molar-refractivity contribution in [2.24, 2.45) is 5.73 Å². The van der Waals surface area contributed by atoms with E-state index in [0.29, 0.717) is 30.2 Å². The predicted molar refractivity (Wildman–Crippen MR) is 127 cm³/mol. The van der Waals surface area contributed by atoms with Gasteiger partial charge in [0.05, 0.1) is 14.2 Å². The number of methoxy groups -OCH3 is 2. The number of fused-ring (bicyclic) bond motifs is 1. The molecule has 154 valence electrons. The molecule has 7 nitrogen and oxygen atoms in total. The van der Waals surface area contributed by atoms with Crippen LogP contribution in [0.4, 0.5) is 0 Å². The van der Waals surface area contributed by atoms with Crippen LogP contribution in [0.1, 0.15) is 10.4 Å². The number of benzene rings is 2. The van der Waals surface area contributed by atoms with Gasteiger partial charge in [-0.05, 0) is 24.3 Å². The van der Waals surface area contributed by atoms with Crippen LogP contribution in [0.2, 0.25) is 0 Å². The van der Waals surface area contributed by atoms with Crippen LogP contribution in [0, 0.1) is 5.41 Å². The van der Waals surface area contributed by atoms with E-state index in [0.717, 1.165) is 15.8 Å². The van der Waals surface area contributed by atoms with Gasteiger partial charge in [-0.15, -0.1) is 24.0 Å². The standard InChI is InChI=1S/C20H22N4O3S.HI/c1-26-16-8-7-13(11-17(16)27-2)19(25)23-9-10-24-12-18(28-20(21)22)14-5-3-4-6-15(14)24;/h3-8,11-12H,9-10H2,1-2H3,(H3,21,22)(H,23,25);1H. The smallest absolute Gasteiger partial charge is 0.251 e. The Morgan fingerprint density at radius 1 is 1.17 bits per heavy atom. The van der Waals surface area contributed by atoms with Crippen molar-refractivity contribution in [1.29, 1.82) is 5.41 Å². The number of amidine groups is 1. The molecule has 3 rings (SSSR count). The minimum atomic E-state index is -0.184. The topological polar surface area (TPSA) is 102 Å². The molecule has 0 aliphatic rings. The van der Waals surface area contributed by atoms with Gasteiger partial charge in [0.15, 0.2) is 16.7 Å². The average molecular weight is 526 g/mol. The molecule has 1 heterocycles. The van der Waals surface area contributed by atoms with Gasteiger partial charge in [0, 0.05) is 40.6 Å². The van der Waals surface area contributed by atoms with Crippen LogP contribution < -0.4 is 20.5 Å². The van der Waals surface area contributed by atoms with Crippen molar-refractivity contribution in [3.8, 4) is 11.5 Å². The number of nitrogens with zero attached hydrogens (tertiary/aromatic N) is 1. The molecule has 0 saturated heterocycles. The van der Waals surface area contributed by atoms with Crippen LogP contribution in [-0.4, -0.2) is 36.4 Å². The molecule has 2 aromatic carbocycles. The molecule has 0 spiro atoms. The molecule has 0 radical (unpaired) electrons. The lowest BCUT2D eigenvalue weighted by Crippen LogP contribution is -2.27. The van der Waals surface area contributed by atoms with Crippen LogP contribution in [-0.2, 0) is 6.54 Å². The zero-order valence-corrected chi connectivity index (χ0v) is 19.2. The number of nitrogens with one attached hydrogen (secondary N) is 2. The summed E-state index contributed by atoms with van der Waals surface area (Å²) in [5, 5.41) is 11.5. The number of rotatable bonds is 7. The maximum Gasteiger partial charge on any atom is 0.251 e. The van der Waals surface area contributed by atoms with E-state index in [9.17, 15) is 4.79 Å². The summed E-state index contributed by atoms with van der Waals surface area (Å²) in [6.45, 7) is 1.05. The summed E-state index contributed by atoms with van der Waals surface area (Å²) in [5.41, 5.74) is 7.07. The zero-order chi connectivity index (χ0) is 20.1. The number of halogens is 1. The molecule has 1 amide bonds. The lowest BCUT2D eigenvalue weighted by atomic mass is 10.2. The fourth-order valence-corrected chi connectivity index (χ4v) is 3.67. The Morgan fingerprint density at radius 2 is 1.90 bits per heavy atom. The number of thioether (sulfide) groups is 1. The quantitative estimate of drug-likeness (QED) is 0.189. The van der Waals surface area contributed by atoms with E-state index in [-0.39, 0.29) is 35.1 Å². The van der Waals surface area contributed by atoms with Crippen molar-refractivity contribution in [2.75, 3.05) is 20.8 Å². The van der Waals surface area contributed by atoms with Gasteiger partial charge in [-0.1, -0.05) is 30.0 Å². The molecule has 29 heavy (non-hydrogen) atoms. The van der Waals surface area contributed by atoms with E-state index in [4.69, 9.17) is 20.6 Å². The molecule has 0 saturated carbocycles. The van der Waals surface area contributed by atoms with Crippen LogP contribution >= 0.6 is 35.7 Å². The van der Waals surface area contributed by atoms with E-state index in [1.807, 2.05) is 30.5 Å². The normalized spacial score (nSPS) is 10.3. The zero-order valence-electron chi connectivity index (χ0n) is 16.1. The minimum Gasteiger partial charge on any atom is -0.493 e. The summed E-state index contributed by atoms with van der Waals surface area (Å²) in [5.74, 6) is 0.904. The van der Waals surface area contributed by atoms with Gasteiger partial charge in [0.25, 0.3) is 5.91 Å². The first-order chi connectivity index (χ1) is 13.5. The average Bonchev–Trinajstić information content (AvgIpc) is 3.04. The third-order valence-corrected chi connectivity index (χ3v) is 5.02.